The van der Waals surface area contributed by atoms with Gasteiger partial charge in [0.1, 0.15) is 5.75 Å². The number of guanidine groups is 1. The minimum atomic E-state index is -4.38. The minimum Gasteiger partial charge on any atom is -0.484 e. The summed E-state index contributed by atoms with van der Waals surface area (Å²) in [7, 11) is 1.58. The minimum absolute atomic E-state index is 0. The van der Waals surface area contributed by atoms with Crippen LogP contribution in [0.15, 0.2) is 53.5 Å². The van der Waals surface area contributed by atoms with Crippen molar-refractivity contribution in [2.45, 2.75) is 19.3 Å². The molecule has 0 saturated carbocycles. The largest absolute Gasteiger partial charge is 0.484 e. The summed E-state index contributed by atoms with van der Waals surface area (Å²) in [6.45, 7) is -0.613. The molecule has 0 spiro atoms. The molecule has 7 nitrogen and oxygen atoms in total. The number of halogens is 4. The van der Waals surface area contributed by atoms with Crippen molar-refractivity contribution in [2.24, 2.45) is 4.99 Å². The van der Waals surface area contributed by atoms with Crippen molar-refractivity contribution in [3.63, 3.8) is 0 Å². The SMILES string of the molecule is CN=C(NCc1ccc(OCC(F)(F)F)cc1)NCc1cccc([N+](=O)[O-])c1.I. The summed E-state index contributed by atoms with van der Waals surface area (Å²) in [5.74, 6) is 0.609. The van der Waals surface area contributed by atoms with Crippen LogP contribution in [0.5, 0.6) is 5.75 Å². The molecule has 2 aromatic carbocycles. The van der Waals surface area contributed by atoms with E-state index in [4.69, 9.17) is 0 Å². The molecule has 0 aliphatic rings. The quantitative estimate of drug-likeness (QED) is 0.188. The van der Waals surface area contributed by atoms with E-state index < -0.39 is 17.7 Å². The van der Waals surface area contributed by atoms with Gasteiger partial charge in [-0.3, -0.25) is 15.1 Å². The highest BCUT2D eigenvalue weighted by atomic mass is 127. The van der Waals surface area contributed by atoms with Crippen molar-refractivity contribution in [3.8, 4) is 5.75 Å². The zero-order valence-electron chi connectivity index (χ0n) is 15.4. The first-order chi connectivity index (χ1) is 13.3. The van der Waals surface area contributed by atoms with E-state index in [2.05, 4.69) is 20.4 Å². The van der Waals surface area contributed by atoms with Gasteiger partial charge in [0.05, 0.1) is 4.92 Å². The number of nitrogens with one attached hydrogen (secondary N) is 2. The highest BCUT2D eigenvalue weighted by Crippen LogP contribution is 2.18. The summed E-state index contributed by atoms with van der Waals surface area (Å²) < 4.78 is 41.1. The number of nitro groups is 1. The third kappa shape index (κ3) is 8.98. The van der Waals surface area contributed by atoms with Gasteiger partial charge < -0.3 is 15.4 Å². The molecule has 0 aliphatic heterocycles. The topological polar surface area (TPSA) is 88.8 Å². The average molecular weight is 524 g/mol. The Bertz CT molecular complexity index is 830. The summed E-state index contributed by atoms with van der Waals surface area (Å²) in [6.07, 6.45) is -4.38. The van der Waals surface area contributed by atoms with Gasteiger partial charge in [-0.15, -0.1) is 24.0 Å². The number of hydrogen-bond donors (Lipinski definition) is 2. The molecule has 0 saturated heterocycles. The van der Waals surface area contributed by atoms with Gasteiger partial charge in [0, 0.05) is 32.3 Å². The fourth-order valence-electron chi connectivity index (χ4n) is 2.24. The first-order valence-electron chi connectivity index (χ1n) is 8.23. The van der Waals surface area contributed by atoms with E-state index >= 15 is 0 Å². The van der Waals surface area contributed by atoms with Crippen LogP contribution < -0.4 is 15.4 Å². The van der Waals surface area contributed by atoms with Crippen molar-refractivity contribution in [1.82, 2.24) is 10.6 Å². The van der Waals surface area contributed by atoms with Gasteiger partial charge in [0.15, 0.2) is 12.6 Å². The van der Waals surface area contributed by atoms with E-state index in [1.807, 2.05) is 0 Å². The maximum atomic E-state index is 12.1. The number of aliphatic imine (C=N–C) groups is 1. The Morgan fingerprint density at radius 2 is 1.72 bits per heavy atom. The molecule has 11 heteroatoms. The number of non-ortho nitro benzene ring substituents is 1. The Hall–Kier alpha value is -2.57. The second kappa shape index (κ2) is 11.4. The van der Waals surface area contributed by atoms with Crippen LogP contribution in [-0.4, -0.2) is 30.7 Å². The third-order valence-electron chi connectivity index (χ3n) is 3.59. The maximum Gasteiger partial charge on any atom is 0.422 e. The van der Waals surface area contributed by atoms with Crippen LogP contribution in [0.25, 0.3) is 0 Å². The zero-order valence-corrected chi connectivity index (χ0v) is 17.7. The third-order valence-corrected chi connectivity index (χ3v) is 3.59. The van der Waals surface area contributed by atoms with Crippen molar-refractivity contribution in [1.29, 1.82) is 0 Å². The highest BCUT2D eigenvalue weighted by Gasteiger charge is 2.28. The first-order valence-corrected chi connectivity index (χ1v) is 8.23. The second-order valence-electron chi connectivity index (χ2n) is 5.75. The van der Waals surface area contributed by atoms with E-state index in [1.54, 1.807) is 31.3 Å². The molecule has 0 aromatic heterocycles. The number of benzene rings is 2. The van der Waals surface area contributed by atoms with Crippen molar-refractivity contribution < 1.29 is 22.8 Å². The molecule has 158 valence electrons. The molecule has 0 fully saturated rings. The number of nitrogens with zero attached hydrogens (tertiary/aromatic N) is 2. The van der Waals surface area contributed by atoms with E-state index in [0.717, 1.165) is 11.1 Å². The number of ether oxygens (including phenoxy) is 1. The van der Waals surface area contributed by atoms with Gasteiger partial charge in [-0.05, 0) is 23.3 Å². The molecular formula is C18H20F3IN4O3. The molecule has 2 N–H and O–H groups in total. The molecule has 2 aromatic rings. The predicted molar refractivity (Wildman–Crippen MR) is 114 cm³/mol. The van der Waals surface area contributed by atoms with Gasteiger partial charge >= 0.3 is 6.18 Å². The zero-order chi connectivity index (χ0) is 20.6. The van der Waals surface area contributed by atoms with Gasteiger partial charge in [-0.1, -0.05) is 24.3 Å². The second-order valence-corrected chi connectivity index (χ2v) is 5.75. The van der Waals surface area contributed by atoms with E-state index in [9.17, 15) is 23.3 Å². The summed E-state index contributed by atoms with van der Waals surface area (Å²) in [5.41, 5.74) is 1.55. The number of nitro benzene ring substituents is 1. The fraction of sp³-hybridized carbons (Fsp3) is 0.278. The lowest BCUT2D eigenvalue weighted by molar-refractivity contribution is -0.384. The van der Waals surface area contributed by atoms with Crippen LogP contribution in [0.2, 0.25) is 0 Å². The summed E-state index contributed by atoms with van der Waals surface area (Å²) >= 11 is 0. The Morgan fingerprint density at radius 3 is 2.28 bits per heavy atom. The van der Waals surface area contributed by atoms with E-state index in [0.29, 0.717) is 19.0 Å². The number of hydrogen-bond acceptors (Lipinski definition) is 4. The first kappa shape index (κ1) is 24.5. The summed E-state index contributed by atoms with van der Waals surface area (Å²) in [4.78, 5) is 14.4. The molecular weight excluding hydrogens is 504 g/mol. The molecule has 0 amide bonds. The van der Waals surface area contributed by atoms with Crippen LogP contribution in [0, 0.1) is 10.1 Å². The average Bonchev–Trinajstić information content (AvgIpc) is 2.67. The fourth-order valence-corrected chi connectivity index (χ4v) is 2.24. The lowest BCUT2D eigenvalue weighted by Gasteiger charge is -2.13. The Balaban J connectivity index is 0.00000420. The molecule has 0 unspecified atom stereocenters. The van der Waals surface area contributed by atoms with Crippen LogP contribution in [-0.2, 0) is 13.1 Å². The lowest BCUT2D eigenvalue weighted by atomic mass is 10.2. The van der Waals surface area contributed by atoms with Crippen molar-refractivity contribution in [2.75, 3.05) is 13.7 Å². The normalized spacial score (nSPS) is 11.4. The maximum absolute atomic E-state index is 12.1. The lowest BCUT2D eigenvalue weighted by Crippen LogP contribution is -2.36. The molecule has 0 heterocycles. The van der Waals surface area contributed by atoms with E-state index in [-0.39, 0.29) is 35.4 Å². The Labute approximate surface area is 182 Å². The number of alkyl halides is 3. The smallest absolute Gasteiger partial charge is 0.422 e. The van der Waals surface area contributed by atoms with Crippen molar-refractivity contribution in [3.05, 3.63) is 69.8 Å². The predicted octanol–water partition coefficient (Wildman–Crippen LogP) is 4.02. The van der Waals surface area contributed by atoms with Gasteiger partial charge in [0.25, 0.3) is 5.69 Å². The molecule has 29 heavy (non-hydrogen) atoms. The number of rotatable bonds is 7. The van der Waals surface area contributed by atoms with E-state index in [1.165, 1.54) is 24.3 Å². The molecule has 2 rings (SSSR count). The highest BCUT2D eigenvalue weighted by molar-refractivity contribution is 14.0. The van der Waals surface area contributed by atoms with Crippen LogP contribution >= 0.6 is 24.0 Å². The molecule has 0 aliphatic carbocycles. The van der Waals surface area contributed by atoms with Crippen LogP contribution in [0.4, 0.5) is 18.9 Å². The Morgan fingerprint density at radius 1 is 1.10 bits per heavy atom. The summed E-state index contributed by atoms with van der Waals surface area (Å²) in [5, 5.41) is 16.9. The monoisotopic (exact) mass is 524 g/mol. The summed E-state index contributed by atoms with van der Waals surface area (Å²) in [6, 6.07) is 12.5. The van der Waals surface area contributed by atoms with Gasteiger partial charge in [0.2, 0.25) is 0 Å². The van der Waals surface area contributed by atoms with Crippen LogP contribution in [0.3, 0.4) is 0 Å². The van der Waals surface area contributed by atoms with Crippen molar-refractivity contribution >= 4 is 35.6 Å². The Kier molecular flexibility index (Phi) is 9.65. The van der Waals surface area contributed by atoms with Crippen LogP contribution in [0.1, 0.15) is 11.1 Å². The molecule has 0 bridgehead atoms. The van der Waals surface area contributed by atoms with Gasteiger partial charge in [-0.2, -0.15) is 13.2 Å². The molecule has 0 radical (unpaired) electrons. The van der Waals surface area contributed by atoms with Gasteiger partial charge in [-0.25, -0.2) is 0 Å². The standard InChI is InChI=1S/C18H19F3N4O3.HI/c1-22-17(24-11-14-3-2-4-15(9-14)25(26)27)23-10-13-5-7-16(8-6-13)28-12-18(19,20)21;/h2-9H,10-12H2,1H3,(H2,22,23,24);1H. The molecule has 0 atom stereocenters.